The SMILES string of the molecule is Cc1cccc(CN2CCC(N(C)C(=O)OC(C)(C)C)CC2)c1I. The van der Waals surface area contributed by atoms with E-state index in [9.17, 15) is 4.79 Å². The van der Waals surface area contributed by atoms with Crippen LogP contribution in [0.3, 0.4) is 0 Å². The third-order valence-corrected chi connectivity index (χ3v) is 6.00. The highest BCUT2D eigenvalue weighted by Crippen LogP contribution is 2.22. The van der Waals surface area contributed by atoms with Gasteiger partial charge in [0.25, 0.3) is 0 Å². The number of carbonyl (C=O) groups is 1. The standard InChI is InChI=1S/C19H29IN2O2/c1-14-7-6-8-15(17(14)20)13-22-11-9-16(10-12-22)21(5)18(23)24-19(2,3)4/h6-8,16H,9-13H2,1-5H3. The van der Waals surface area contributed by atoms with Crippen molar-refractivity contribution in [2.24, 2.45) is 0 Å². The van der Waals surface area contributed by atoms with Gasteiger partial charge in [-0.1, -0.05) is 18.2 Å². The van der Waals surface area contributed by atoms with E-state index in [1.807, 2.05) is 27.8 Å². The number of rotatable bonds is 3. The van der Waals surface area contributed by atoms with Crippen molar-refractivity contribution in [2.75, 3.05) is 20.1 Å². The summed E-state index contributed by atoms with van der Waals surface area (Å²) >= 11 is 2.44. The second-order valence-electron chi connectivity index (χ2n) is 7.65. The zero-order valence-corrected chi connectivity index (χ0v) is 17.6. The van der Waals surface area contributed by atoms with Crippen molar-refractivity contribution in [1.29, 1.82) is 0 Å². The summed E-state index contributed by atoms with van der Waals surface area (Å²) in [7, 11) is 1.86. The van der Waals surface area contributed by atoms with Crippen molar-refractivity contribution in [3.05, 3.63) is 32.9 Å². The molecule has 24 heavy (non-hydrogen) atoms. The summed E-state index contributed by atoms with van der Waals surface area (Å²) in [6.07, 6.45) is 1.78. The van der Waals surface area contributed by atoms with E-state index >= 15 is 0 Å². The molecule has 0 aliphatic carbocycles. The molecule has 5 heteroatoms. The molecule has 0 radical (unpaired) electrons. The van der Waals surface area contributed by atoms with Gasteiger partial charge in [0, 0.05) is 36.3 Å². The van der Waals surface area contributed by atoms with Crippen molar-refractivity contribution >= 4 is 28.7 Å². The number of amides is 1. The number of likely N-dealkylation sites (tertiary alicyclic amines) is 1. The van der Waals surface area contributed by atoms with Crippen LogP contribution in [0.2, 0.25) is 0 Å². The number of hydrogen-bond donors (Lipinski definition) is 0. The lowest BCUT2D eigenvalue weighted by atomic mass is 10.0. The van der Waals surface area contributed by atoms with Crippen molar-refractivity contribution in [3.63, 3.8) is 0 Å². The summed E-state index contributed by atoms with van der Waals surface area (Å²) in [5, 5.41) is 0. The molecule has 4 nitrogen and oxygen atoms in total. The number of halogens is 1. The van der Waals surface area contributed by atoms with E-state index in [1.165, 1.54) is 14.7 Å². The highest BCUT2D eigenvalue weighted by Gasteiger charge is 2.28. The summed E-state index contributed by atoms with van der Waals surface area (Å²) in [5.41, 5.74) is 2.30. The Morgan fingerprint density at radius 3 is 2.54 bits per heavy atom. The predicted molar refractivity (Wildman–Crippen MR) is 106 cm³/mol. The van der Waals surface area contributed by atoms with Crippen molar-refractivity contribution < 1.29 is 9.53 Å². The molecule has 1 fully saturated rings. The van der Waals surface area contributed by atoms with E-state index in [2.05, 4.69) is 52.6 Å². The zero-order chi connectivity index (χ0) is 17.9. The maximum Gasteiger partial charge on any atom is 0.410 e. The minimum Gasteiger partial charge on any atom is -0.444 e. The number of nitrogens with zero attached hydrogens (tertiary/aromatic N) is 2. The maximum atomic E-state index is 12.2. The lowest BCUT2D eigenvalue weighted by molar-refractivity contribution is 0.0149. The van der Waals surface area contributed by atoms with Crippen LogP contribution in [-0.2, 0) is 11.3 Å². The van der Waals surface area contributed by atoms with E-state index in [-0.39, 0.29) is 12.1 Å². The van der Waals surface area contributed by atoms with Crippen molar-refractivity contribution in [3.8, 4) is 0 Å². The maximum absolute atomic E-state index is 12.2. The van der Waals surface area contributed by atoms with E-state index < -0.39 is 5.60 Å². The highest BCUT2D eigenvalue weighted by molar-refractivity contribution is 14.1. The first-order chi connectivity index (χ1) is 11.2. The van der Waals surface area contributed by atoms with Gasteiger partial charge in [0.2, 0.25) is 0 Å². The number of hydrogen-bond acceptors (Lipinski definition) is 3. The molecule has 0 atom stereocenters. The fourth-order valence-electron chi connectivity index (χ4n) is 3.02. The van der Waals surface area contributed by atoms with Gasteiger partial charge in [-0.2, -0.15) is 0 Å². The molecule has 0 aromatic heterocycles. The lowest BCUT2D eigenvalue weighted by Gasteiger charge is -2.37. The number of benzene rings is 1. The largest absolute Gasteiger partial charge is 0.444 e. The Labute approximate surface area is 159 Å². The molecule has 1 saturated heterocycles. The van der Waals surface area contributed by atoms with E-state index in [4.69, 9.17) is 4.74 Å². The summed E-state index contributed by atoms with van der Waals surface area (Å²) in [6.45, 7) is 10.9. The Morgan fingerprint density at radius 1 is 1.33 bits per heavy atom. The molecule has 0 bridgehead atoms. The second kappa shape index (κ2) is 8.04. The van der Waals surface area contributed by atoms with Gasteiger partial charge in [0.1, 0.15) is 5.60 Å². The molecular weight excluding hydrogens is 415 g/mol. The molecular formula is C19H29IN2O2. The van der Waals surface area contributed by atoms with Crippen LogP contribution in [0.15, 0.2) is 18.2 Å². The summed E-state index contributed by atoms with van der Waals surface area (Å²) < 4.78 is 6.84. The Balaban J connectivity index is 1.87. The lowest BCUT2D eigenvalue weighted by Crippen LogP contribution is -2.46. The van der Waals surface area contributed by atoms with Gasteiger partial charge in [-0.25, -0.2) is 4.79 Å². The van der Waals surface area contributed by atoms with Crippen LogP contribution in [0.4, 0.5) is 4.79 Å². The fraction of sp³-hybridized carbons (Fsp3) is 0.632. The molecule has 0 saturated carbocycles. The topological polar surface area (TPSA) is 32.8 Å². The number of ether oxygens (including phenoxy) is 1. The van der Waals surface area contributed by atoms with E-state index in [0.717, 1.165) is 32.5 Å². The average Bonchev–Trinajstić information content (AvgIpc) is 2.50. The molecule has 1 aliphatic heterocycles. The molecule has 134 valence electrons. The number of carbonyl (C=O) groups excluding carboxylic acids is 1. The van der Waals surface area contributed by atoms with E-state index in [0.29, 0.717) is 0 Å². The molecule has 1 amide bonds. The predicted octanol–water partition coefficient (Wildman–Crippen LogP) is 4.43. The first kappa shape index (κ1) is 19.5. The number of piperidine rings is 1. The summed E-state index contributed by atoms with van der Waals surface area (Å²) in [4.78, 5) is 16.5. The van der Waals surface area contributed by atoms with Crippen LogP contribution >= 0.6 is 22.6 Å². The minimum atomic E-state index is -0.437. The summed E-state index contributed by atoms with van der Waals surface area (Å²) in [6, 6.07) is 6.78. The first-order valence-corrected chi connectivity index (χ1v) is 9.67. The van der Waals surface area contributed by atoms with Crippen molar-refractivity contribution in [2.45, 2.75) is 58.7 Å². The molecule has 0 N–H and O–H groups in total. The molecule has 1 aromatic rings. The third kappa shape index (κ3) is 5.34. The van der Waals surface area contributed by atoms with Gasteiger partial charge < -0.3 is 9.64 Å². The Bertz CT molecular complexity index is 575. The smallest absolute Gasteiger partial charge is 0.410 e. The average molecular weight is 444 g/mol. The van der Waals surface area contributed by atoms with Gasteiger partial charge >= 0.3 is 6.09 Å². The highest BCUT2D eigenvalue weighted by atomic mass is 127. The normalized spacial score (nSPS) is 16.9. The molecule has 0 spiro atoms. The van der Waals surface area contributed by atoms with Gasteiger partial charge in [-0.15, -0.1) is 0 Å². The monoisotopic (exact) mass is 444 g/mol. The van der Waals surface area contributed by atoms with Crippen LogP contribution in [0.25, 0.3) is 0 Å². The quantitative estimate of drug-likeness (QED) is 0.647. The van der Waals surface area contributed by atoms with Crippen LogP contribution in [0, 0.1) is 10.5 Å². The van der Waals surface area contributed by atoms with Gasteiger partial charge in [-0.05, 0) is 74.3 Å². The van der Waals surface area contributed by atoms with Gasteiger partial charge in [0.05, 0.1) is 0 Å². The third-order valence-electron chi connectivity index (χ3n) is 4.45. The van der Waals surface area contributed by atoms with Gasteiger partial charge in [-0.3, -0.25) is 4.90 Å². The Morgan fingerprint density at radius 2 is 1.96 bits per heavy atom. The first-order valence-electron chi connectivity index (χ1n) is 8.59. The Hall–Kier alpha value is -0.820. The number of aryl methyl sites for hydroxylation is 1. The van der Waals surface area contributed by atoms with Crippen LogP contribution < -0.4 is 0 Å². The molecule has 1 aliphatic rings. The molecule has 2 rings (SSSR count). The summed E-state index contributed by atoms with van der Waals surface area (Å²) in [5.74, 6) is 0. The van der Waals surface area contributed by atoms with Crippen LogP contribution in [0.5, 0.6) is 0 Å². The second-order valence-corrected chi connectivity index (χ2v) is 8.73. The molecule has 0 unspecified atom stereocenters. The van der Waals surface area contributed by atoms with Crippen LogP contribution in [0.1, 0.15) is 44.7 Å². The Kier molecular flexibility index (Phi) is 6.53. The fourth-order valence-corrected chi connectivity index (χ4v) is 3.55. The van der Waals surface area contributed by atoms with Gasteiger partial charge in [0.15, 0.2) is 0 Å². The molecule has 1 aromatic carbocycles. The van der Waals surface area contributed by atoms with Crippen LogP contribution in [-0.4, -0.2) is 47.7 Å². The zero-order valence-electron chi connectivity index (χ0n) is 15.4. The molecule has 1 heterocycles. The minimum absolute atomic E-state index is 0.214. The van der Waals surface area contributed by atoms with Crippen molar-refractivity contribution in [1.82, 2.24) is 9.80 Å². The van der Waals surface area contributed by atoms with E-state index in [1.54, 1.807) is 4.90 Å².